The summed E-state index contributed by atoms with van der Waals surface area (Å²) in [7, 11) is 0. The van der Waals surface area contributed by atoms with Crippen LogP contribution in [0.1, 0.15) is 22.8 Å². The Morgan fingerprint density at radius 1 is 1.11 bits per heavy atom. The molecule has 0 amide bonds. The fourth-order valence-electron chi connectivity index (χ4n) is 1.88. The predicted octanol–water partition coefficient (Wildman–Crippen LogP) is 2.98. The van der Waals surface area contributed by atoms with Crippen molar-refractivity contribution in [1.82, 2.24) is 0 Å². The van der Waals surface area contributed by atoms with Crippen LogP contribution in [0.25, 0.3) is 0 Å². The van der Waals surface area contributed by atoms with Gasteiger partial charge in [0.1, 0.15) is 6.10 Å². The molecule has 0 aliphatic heterocycles. The maximum atomic E-state index is 10.7. The standard InChI is InChI=1S/C14H13NO3/c1-10-9-12(7-8-13(10)15(17)18)14(16)11-5-3-2-4-6-11/h2-9,14,16H,1H3/t14-/m1/s1. The first-order valence-corrected chi connectivity index (χ1v) is 5.57. The highest BCUT2D eigenvalue weighted by Crippen LogP contribution is 2.26. The molecule has 2 rings (SSSR count). The normalized spacial score (nSPS) is 12.1. The van der Waals surface area contributed by atoms with E-state index in [-0.39, 0.29) is 5.69 Å². The van der Waals surface area contributed by atoms with Crippen LogP contribution >= 0.6 is 0 Å². The van der Waals surface area contributed by atoms with Gasteiger partial charge in [-0.25, -0.2) is 0 Å². The van der Waals surface area contributed by atoms with Crippen molar-refractivity contribution in [3.05, 3.63) is 75.3 Å². The SMILES string of the molecule is Cc1cc([C@H](O)c2ccccc2)ccc1[N+](=O)[O-]. The second-order valence-corrected chi connectivity index (χ2v) is 4.12. The van der Waals surface area contributed by atoms with Crippen LogP contribution < -0.4 is 0 Å². The first-order valence-electron chi connectivity index (χ1n) is 5.57. The van der Waals surface area contributed by atoms with Gasteiger partial charge >= 0.3 is 0 Å². The lowest BCUT2D eigenvalue weighted by Crippen LogP contribution is -2.01. The van der Waals surface area contributed by atoms with E-state index < -0.39 is 11.0 Å². The zero-order valence-electron chi connectivity index (χ0n) is 9.91. The number of rotatable bonds is 3. The zero-order chi connectivity index (χ0) is 13.1. The first-order chi connectivity index (χ1) is 8.59. The van der Waals surface area contributed by atoms with E-state index in [1.165, 1.54) is 6.07 Å². The molecule has 0 radical (unpaired) electrons. The Morgan fingerprint density at radius 2 is 1.78 bits per heavy atom. The fraction of sp³-hybridized carbons (Fsp3) is 0.143. The number of nitro groups is 1. The second-order valence-electron chi connectivity index (χ2n) is 4.12. The van der Waals surface area contributed by atoms with Crippen LogP contribution in [-0.2, 0) is 0 Å². The molecule has 2 aromatic carbocycles. The van der Waals surface area contributed by atoms with Crippen LogP contribution in [0.15, 0.2) is 48.5 Å². The molecular weight excluding hydrogens is 230 g/mol. The van der Waals surface area contributed by atoms with Crippen molar-refractivity contribution < 1.29 is 10.0 Å². The van der Waals surface area contributed by atoms with Crippen LogP contribution in [0.5, 0.6) is 0 Å². The average molecular weight is 243 g/mol. The van der Waals surface area contributed by atoms with Gasteiger partial charge in [0.25, 0.3) is 5.69 Å². The van der Waals surface area contributed by atoms with Crippen molar-refractivity contribution in [3.63, 3.8) is 0 Å². The minimum Gasteiger partial charge on any atom is -0.384 e. The van der Waals surface area contributed by atoms with Gasteiger partial charge in [-0.3, -0.25) is 10.1 Å². The van der Waals surface area contributed by atoms with Crippen LogP contribution in [0, 0.1) is 17.0 Å². The Hall–Kier alpha value is -2.20. The van der Waals surface area contributed by atoms with E-state index in [2.05, 4.69) is 0 Å². The summed E-state index contributed by atoms with van der Waals surface area (Å²) in [6, 6.07) is 13.9. The van der Waals surface area contributed by atoms with Gasteiger partial charge in [0.15, 0.2) is 0 Å². The lowest BCUT2D eigenvalue weighted by atomic mass is 9.99. The van der Waals surface area contributed by atoms with Crippen LogP contribution in [0.3, 0.4) is 0 Å². The summed E-state index contributed by atoms with van der Waals surface area (Å²) in [6.45, 7) is 1.67. The van der Waals surface area contributed by atoms with E-state index in [4.69, 9.17) is 0 Å². The molecule has 0 unspecified atom stereocenters. The highest BCUT2D eigenvalue weighted by molar-refractivity contribution is 5.44. The maximum Gasteiger partial charge on any atom is 0.272 e. The number of nitro benzene ring substituents is 1. The molecule has 4 nitrogen and oxygen atoms in total. The summed E-state index contributed by atoms with van der Waals surface area (Å²) in [5.41, 5.74) is 2.04. The largest absolute Gasteiger partial charge is 0.384 e. The van der Waals surface area contributed by atoms with Crippen molar-refractivity contribution in [2.75, 3.05) is 0 Å². The first kappa shape index (κ1) is 12.3. The quantitative estimate of drug-likeness (QED) is 0.665. The van der Waals surface area contributed by atoms with Gasteiger partial charge in [-0.05, 0) is 30.2 Å². The van der Waals surface area contributed by atoms with Crippen molar-refractivity contribution in [1.29, 1.82) is 0 Å². The van der Waals surface area contributed by atoms with E-state index in [0.29, 0.717) is 11.1 Å². The maximum absolute atomic E-state index is 10.7. The minimum atomic E-state index is -0.759. The number of hydrogen-bond acceptors (Lipinski definition) is 3. The third kappa shape index (κ3) is 2.38. The molecule has 1 atom stereocenters. The molecule has 18 heavy (non-hydrogen) atoms. The molecule has 0 aromatic heterocycles. The molecule has 0 bridgehead atoms. The number of aliphatic hydroxyl groups excluding tert-OH is 1. The van der Waals surface area contributed by atoms with Gasteiger partial charge in [-0.15, -0.1) is 0 Å². The number of aryl methyl sites for hydroxylation is 1. The topological polar surface area (TPSA) is 63.4 Å². The molecule has 0 saturated carbocycles. The number of hydrogen-bond donors (Lipinski definition) is 1. The number of nitrogens with zero attached hydrogens (tertiary/aromatic N) is 1. The summed E-state index contributed by atoms with van der Waals surface area (Å²) in [4.78, 5) is 10.3. The molecule has 2 aromatic rings. The van der Waals surface area contributed by atoms with E-state index in [9.17, 15) is 15.2 Å². The second kappa shape index (κ2) is 4.98. The molecule has 0 spiro atoms. The van der Waals surface area contributed by atoms with Gasteiger partial charge in [0.2, 0.25) is 0 Å². The van der Waals surface area contributed by atoms with Crippen LogP contribution in [-0.4, -0.2) is 10.0 Å². The van der Waals surface area contributed by atoms with Crippen molar-refractivity contribution in [2.24, 2.45) is 0 Å². The van der Waals surface area contributed by atoms with Crippen molar-refractivity contribution in [3.8, 4) is 0 Å². The monoisotopic (exact) mass is 243 g/mol. The average Bonchev–Trinajstić information content (AvgIpc) is 2.38. The number of benzene rings is 2. The van der Waals surface area contributed by atoms with Gasteiger partial charge in [-0.1, -0.05) is 30.3 Å². The van der Waals surface area contributed by atoms with Crippen molar-refractivity contribution >= 4 is 5.69 Å². The Balaban J connectivity index is 2.35. The lowest BCUT2D eigenvalue weighted by Gasteiger charge is -2.12. The van der Waals surface area contributed by atoms with Crippen molar-refractivity contribution in [2.45, 2.75) is 13.0 Å². The molecule has 0 saturated heterocycles. The summed E-state index contributed by atoms with van der Waals surface area (Å²) in [6.07, 6.45) is -0.759. The third-order valence-electron chi connectivity index (χ3n) is 2.85. The highest BCUT2D eigenvalue weighted by Gasteiger charge is 2.15. The Morgan fingerprint density at radius 3 is 2.33 bits per heavy atom. The van der Waals surface area contributed by atoms with Gasteiger partial charge in [-0.2, -0.15) is 0 Å². The van der Waals surface area contributed by atoms with Gasteiger partial charge < -0.3 is 5.11 Å². The summed E-state index contributed by atoms with van der Waals surface area (Å²) < 4.78 is 0. The zero-order valence-corrected chi connectivity index (χ0v) is 9.91. The minimum absolute atomic E-state index is 0.0685. The predicted molar refractivity (Wildman–Crippen MR) is 68.3 cm³/mol. The molecule has 1 N–H and O–H groups in total. The highest BCUT2D eigenvalue weighted by atomic mass is 16.6. The van der Waals surface area contributed by atoms with E-state index in [0.717, 1.165) is 5.56 Å². The number of aliphatic hydroxyl groups is 1. The fourth-order valence-corrected chi connectivity index (χ4v) is 1.88. The smallest absolute Gasteiger partial charge is 0.272 e. The molecular formula is C14H13NO3. The molecule has 92 valence electrons. The molecule has 0 aliphatic rings. The molecule has 0 heterocycles. The van der Waals surface area contributed by atoms with Gasteiger partial charge in [0, 0.05) is 11.6 Å². The summed E-state index contributed by atoms with van der Waals surface area (Å²) in [5.74, 6) is 0. The molecule has 0 fully saturated rings. The third-order valence-corrected chi connectivity index (χ3v) is 2.85. The van der Waals surface area contributed by atoms with Crippen LogP contribution in [0.2, 0.25) is 0 Å². The molecule has 4 heteroatoms. The van der Waals surface area contributed by atoms with Gasteiger partial charge in [0.05, 0.1) is 4.92 Å². The summed E-state index contributed by atoms with van der Waals surface area (Å²) in [5, 5.41) is 20.9. The Labute approximate surface area is 105 Å². The van der Waals surface area contributed by atoms with E-state index in [1.54, 1.807) is 19.1 Å². The summed E-state index contributed by atoms with van der Waals surface area (Å²) >= 11 is 0. The Kier molecular flexibility index (Phi) is 3.39. The van der Waals surface area contributed by atoms with Crippen LogP contribution in [0.4, 0.5) is 5.69 Å². The van der Waals surface area contributed by atoms with E-state index in [1.807, 2.05) is 30.3 Å². The molecule has 0 aliphatic carbocycles. The lowest BCUT2D eigenvalue weighted by molar-refractivity contribution is -0.385. The Bertz CT molecular complexity index is 567. The van der Waals surface area contributed by atoms with E-state index >= 15 is 0 Å².